The van der Waals surface area contributed by atoms with Crippen LogP contribution in [0.1, 0.15) is 39.0 Å². The molecule has 116 valence electrons. The Morgan fingerprint density at radius 2 is 1.62 bits per heavy atom. The minimum atomic E-state index is 0.872. The fourth-order valence-electron chi connectivity index (χ4n) is 3.79. The van der Waals surface area contributed by atoms with Gasteiger partial charge in [0.15, 0.2) is 0 Å². The van der Waals surface area contributed by atoms with E-state index in [1.807, 2.05) is 0 Å². The summed E-state index contributed by atoms with van der Waals surface area (Å²) in [6.45, 7) is 7.95. The Morgan fingerprint density at radius 3 is 2.24 bits per heavy atom. The molecule has 0 aromatic heterocycles. The molecule has 0 unspecified atom stereocenters. The molecule has 0 amide bonds. The minimum Gasteiger partial charge on any atom is -0.385 e. The molecule has 1 saturated carbocycles. The highest BCUT2D eigenvalue weighted by Crippen LogP contribution is 2.25. The van der Waals surface area contributed by atoms with Gasteiger partial charge in [-0.2, -0.15) is 0 Å². The molecule has 0 spiro atoms. The standard InChI is InChI=1S/C18H29N3/c1-2-19-16-8-10-18(11-9-16)21-14-12-20(13-15-21)17-6-4-3-5-7-17/h8-11,17,19H,2-7,12-15H2,1H3. The number of hydrogen-bond donors (Lipinski definition) is 1. The molecule has 3 rings (SSSR count). The summed E-state index contributed by atoms with van der Waals surface area (Å²) in [5.41, 5.74) is 2.60. The van der Waals surface area contributed by atoms with Gasteiger partial charge in [0.25, 0.3) is 0 Å². The van der Waals surface area contributed by atoms with Crippen molar-refractivity contribution in [2.45, 2.75) is 45.1 Å². The van der Waals surface area contributed by atoms with Crippen molar-refractivity contribution in [2.75, 3.05) is 42.9 Å². The van der Waals surface area contributed by atoms with Crippen molar-refractivity contribution in [2.24, 2.45) is 0 Å². The topological polar surface area (TPSA) is 18.5 Å². The summed E-state index contributed by atoms with van der Waals surface area (Å²) in [6, 6.07) is 9.79. The molecule has 1 aliphatic carbocycles. The number of hydrogen-bond acceptors (Lipinski definition) is 3. The van der Waals surface area contributed by atoms with E-state index in [9.17, 15) is 0 Å². The van der Waals surface area contributed by atoms with Gasteiger partial charge in [0.1, 0.15) is 0 Å². The van der Waals surface area contributed by atoms with E-state index < -0.39 is 0 Å². The van der Waals surface area contributed by atoms with Crippen LogP contribution in [-0.4, -0.2) is 43.7 Å². The monoisotopic (exact) mass is 287 g/mol. The van der Waals surface area contributed by atoms with Crippen LogP contribution in [0.2, 0.25) is 0 Å². The first-order valence-corrected chi connectivity index (χ1v) is 8.70. The molecule has 1 N–H and O–H groups in total. The number of benzene rings is 1. The van der Waals surface area contributed by atoms with Gasteiger partial charge in [0, 0.05) is 50.1 Å². The molecule has 1 aromatic rings. The van der Waals surface area contributed by atoms with Crippen molar-refractivity contribution < 1.29 is 0 Å². The first-order valence-electron chi connectivity index (χ1n) is 8.70. The van der Waals surface area contributed by atoms with Crippen LogP contribution in [0.4, 0.5) is 11.4 Å². The molecule has 1 aromatic carbocycles. The second-order valence-electron chi connectivity index (χ2n) is 6.39. The molecule has 3 heteroatoms. The molecule has 3 nitrogen and oxygen atoms in total. The number of anilines is 2. The lowest BCUT2D eigenvalue weighted by Gasteiger charge is -2.41. The molecule has 1 aliphatic heterocycles. The van der Waals surface area contributed by atoms with Crippen LogP contribution in [0.3, 0.4) is 0 Å². The van der Waals surface area contributed by atoms with E-state index in [2.05, 4.69) is 46.3 Å². The van der Waals surface area contributed by atoms with E-state index in [1.54, 1.807) is 0 Å². The normalized spacial score (nSPS) is 21.5. The molecule has 1 heterocycles. The predicted molar refractivity (Wildman–Crippen MR) is 91.3 cm³/mol. The zero-order chi connectivity index (χ0) is 14.5. The van der Waals surface area contributed by atoms with E-state index in [0.717, 1.165) is 12.6 Å². The molecule has 2 fully saturated rings. The number of rotatable bonds is 4. The first-order chi connectivity index (χ1) is 10.4. The highest BCUT2D eigenvalue weighted by molar-refractivity contribution is 5.55. The molecular weight excluding hydrogens is 258 g/mol. The van der Waals surface area contributed by atoms with Gasteiger partial charge >= 0.3 is 0 Å². The fraction of sp³-hybridized carbons (Fsp3) is 0.667. The lowest BCUT2D eigenvalue weighted by Crippen LogP contribution is -2.50. The maximum absolute atomic E-state index is 3.36. The summed E-state index contributed by atoms with van der Waals surface area (Å²) in [6.07, 6.45) is 7.19. The van der Waals surface area contributed by atoms with E-state index in [1.165, 1.54) is 69.7 Å². The average molecular weight is 287 g/mol. The maximum Gasteiger partial charge on any atom is 0.0368 e. The zero-order valence-corrected chi connectivity index (χ0v) is 13.4. The van der Waals surface area contributed by atoms with Crippen molar-refractivity contribution in [3.05, 3.63) is 24.3 Å². The summed E-state index contributed by atoms with van der Waals surface area (Å²) < 4.78 is 0. The summed E-state index contributed by atoms with van der Waals surface area (Å²) in [5, 5.41) is 3.36. The lowest BCUT2D eigenvalue weighted by molar-refractivity contribution is 0.148. The van der Waals surface area contributed by atoms with Gasteiger partial charge in [0.2, 0.25) is 0 Å². The van der Waals surface area contributed by atoms with Gasteiger partial charge in [-0.15, -0.1) is 0 Å². The maximum atomic E-state index is 3.36. The molecule has 21 heavy (non-hydrogen) atoms. The molecule has 1 saturated heterocycles. The van der Waals surface area contributed by atoms with Crippen LogP contribution in [0.15, 0.2) is 24.3 Å². The van der Waals surface area contributed by atoms with Gasteiger partial charge < -0.3 is 10.2 Å². The van der Waals surface area contributed by atoms with Crippen molar-refractivity contribution in [3.63, 3.8) is 0 Å². The molecule has 0 radical (unpaired) electrons. The molecule has 0 atom stereocenters. The van der Waals surface area contributed by atoms with Crippen molar-refractivity contribution in [1.82, 2.24) is 4.90 Å². The van der Waals surface area contributed by atoms with Crippen molar-refractivity contribution in [3.8, 4) is 0 Å². The Kier molecular flexibility index (Phi) is 5.02. The van der Waals surface area contributed by atoms with Crippen molar-refractivity contribution in [1.29, 1.82) is 0 Å². The smallest absolute Gasteiger partial charge is 0.0368 e. The third kappa shape index (κ3) is 3.70. The van der Waals surface area contributed by atoms with E-state index in [0.29, 0.717) is 0 Å². The summed E-state index contributed by atoms with van der Waals surface area (Å²) in [5.74, 6) is 0. The second-order valence-corrected chi connectivity index (χ2v) is 6.39. The van der Waals surface area contributed by atoms with E-state index in [-0.39, 0.29) is 0 Å². The van der Waals surface area contributed by atoms with Crippen LogP contribution >= 0.6 is 0 Å². The Balaban J connectivity index is 1.52. The third-order valence-electron chi connectivity index (χ3n) is 5.02. The Morgan fingerprint density at radius 1 is 0.952 bits per heavy atom. The van der Waals surface area contributed by atoms with Crippen LogP contribution in [0, 0.1) is 0 Å². The van der Waals surface area contributed by atoms with Gasteiger partial charge in [-0.1, -0.05) is 19.3 Å². The molecule has 0 bridgehead atoms. The van der Waals surface area contributed by atoms with Crippen LogP contribution in [0.25, 0.3) is 0 Å². The molecule has 2 aliphatic rings. The Bertz CT molecular complexity index is 415. The summed E-state index contributed by atoms with van der Waals surface area (Å²) in [4.78, 5) is 5.28. The van der Waals surface area contributed by atoms with Gasteiger partial charge in [-0.05, 0) is 44.0 Å². The average Bonchev–Trinajstić information content (AvgIpc) is 2.57. The van der Waals surface area contributed by atoms with Gasteiger partial charge in [-0.3, -0.25) is 4.90 Å². The highest BCUT2D eigenvalue weighted by atomic mass is 15.3. The largest absolute Gasteiger partial charge is 0.385 e. The lowest BCUT2D eigenvalue weighted by atomic mass is 9.94. The third-order valence-corrected chi connectivity index (χ3v) is 5.02. The number of nitrogens with one attached hydrogen (secondary N) is 1. The SMILES string of the molecule is CCNc1ccc(N2CCN(C3CCCCC3)CC2)cc1. The van der Waals surface area contributed by atoms with Crippen molar-refractivity contribution >= 4 is 11.4 Å². The Labute approximate surface area is 129 Å². The van der Waals surface area contributed by atoms with E-state index in [4.69, 9.17) is 0 Å². The number of piperazine rings is 1. The second kappa shape index (κ2) is 7.17. The quantitative estimate of drug-likeness (QED) is 0.913. The molecular formula is C18H29N3. The van der Waals surface area contributed by atoms with Gasteiger partial charge in [-0.25, -0.2) is 0 Å². The summed E-state index contributed by atoms with van der Waals surface area (Å²) >= 11 is 0. The van der Waals surface area contributed by atoms with Crippen LogP contribution in [0.5, 0.6) is 0 Å². The van der Waals surface area contributed by atoms with Crippen LogP contribution < -0.4 is 10.2 Å². The van der Waals surface area contributed by atoms with Gasteiger partial charge in [0.05, 0.1) is 0 Å². The Hall–Kier alpha value is -1.22. The number of nitrogens with zero attached hydrogens (tertiary/aromatic N) is 2. The highest BCUT2D eigenvalue weighted by Gasteiger charge is 2.25. The summed E-state index contributed by atoms with van der Waals surface area (Å²) in [7, 11) is 0. The van der Waals surface area contributed by atoms with E-state index >= 15 is 0 Å². The zero-order valence-electron chi connectivity index (χ0n) is 13.4. The first kappa shape index (κ1) is 14.7. The minimum absolute atomic E-state index is 0.872. The predicted octanol–water partition coefficient (Wildman–Crippen LogP) is 3.57. The van der Waals surface area contributed by atoms with Crippen LogP contribution in [-0.2, 0) is 0 Å². The fourth-order valence-corrected chi connectivity index (χ4v) is 3.79.